The van der Waals surface area contributed by atoms with Crippen molar-refractivity contribution in [1.82, 2.24) is 15.0 Å². The molecule has 0 aliphatic heterocycles. The fourth-order valence-corrected chi connectivity index (χ4v) is 1.98. The second kappa shape index (κ2) is 4.24. The number of hydrogen-bond acceptors (Lipinski definition) is 3. The quantitative estimate of drug-likeness (QED) is 0.865. The third kappa shape index (κ3) is 2.18. The Hall–Kier alpha value is -1.62. The van der Waals surface area contributed by atoms with E-state index in [-0.39, 0.29) is 11.1 Å². The van der Waals surface area contributed by atoms with E-state index in [0.717, 1.165) is 0 Å². The fourth-order valence-electron chi connectivity index (χ4n) is 1.81. The van der Waals surface area contributed by atoms with E-state index in [0.29, 0.717) is 16.5 Å². The first-order valence-corrected chi connectivity index (χ1v) is 5.85. The molecule has 1 aromatic heterocycles. The molecule has 0 spiro atoms. The molecule has 0 bridgehead atoms. The number of hydrogen-bond donors (Lipinski definition) is 1. The lowest BCUT2D eigenvalue weighted by Gasteiger charge is -2.20. The van der Waals surface area contributed by atoms with Gasteiger partial charge in [0.05, 0.1) is 5.69 Å². The minimum atomic E-state index is -0.421. The van der Waals surface area contributed by atoms with Gasteiger partial charge in [0, 0.05) is 10.4 Å². The molecule has 2 N–H and O–H groups in total. The maximum Gasteiger partial charge on any atom is 0.170 e. The van der Waals surface area contributed by atoms with Gasteiger partial charge in [-0.3, -0.25) is 0 Å². The molecule has 6 heteroatoms. The Bertz CT molecular complexity index is 586. The molecule has 4 nitrogen and oxygen atoms in total. The van der Waals surface area contributed by atoms with Gasteiger partial charge in [-0.05, 0) is 18.2 Å². The van der Waals surface area contributed by atoms with Crippen LogP contribution in [-0.4, -0.2) is 15.0 Å². The highest BCUT2D eigenvalue weighted by Gasteiger charge is 2.26. The number of rotatable bonds is 1. The average Bonchev–Trinajstić information content (AvgIpc) is 2.63. The molecule has 0 saturated carbocycles. The van der Waals surface area contributed by atoms with Crippen molar-refractivity contribution in [3.63, 3.8) is 0 Å². The molecule has 18 heavy (non-hydrogen) atoms. The summed E-state index contributed by atoms with van der Waals surface area (Å²) >= 11 is 5.88. The van der Waals surface area contributed by atoms with Crippen LogP contribution in [0, 0.1) is 5.82 Å². The highest BCUT2D eigenvalue weighted by Crippen LogP contribution is 2.29. The van der Waals surface area contributed by atoms with Crippen molar-refractivity contribution in [2.45, 2.75) is 26.2 Å². The molecule has 0 atom stereocenters. The zero-order valence-electron chi connectivity index (χ0n) is 10.4. The predicted molar refractivity (Wildman–Crippen MR) is 69.4 cm³/mol. The molecule has 1 heterocycles. The topological polar surface area (TPSA) is 56.7 Å². The van der Waals surface area contributed by atoms with Crippen molar-refractivity contribution < 1.29 is 4.39 Å². The third-order valence-corrected chi connectivity index (χ3v) is 2.78. The monoisotopic (exact) mass is 268 g/mol. The minimum absolute atomic E-state index is 0.247. The van der Waals surface area contributed by atoms with Crippen molar-refractivity contribution in [3.05, 3.63) is 34.7 Å². The van der Waals surface area contributed by atoms with Crippen LogP contribution >= 0.6 is 11.6 Å². The van der Waals surface area contributed by atoms with Crippen LogP contribution in [0.5, 0.6) is 0 Å². The highest BCUT2D eigenvalue weighted by molar-refractivity contribution is 6.30. The Morgan fingerprint density at radius 2 is 2.00 bits per heavy atom. The van der Waals surface area contributed by atoms with E-state index >= 15 is 0 Å². The Morgan fingerprint density at radius 1 is 1.33 bits per heavy atom. The molecule has 2 aromatic rings. The summed E-state index contributed by atoms with van der Waals surface area (Å²) in [6.07, 6.45) is 0. The summed E-state index contributed by atoms with van der Waals surface area (Å²) in [6, 6.07) is 4.28. The first-order chi connectivity index (χ1) is 8.30. The van der Waals surface area contributed by atoms with E-state index < -0.39 is 5.82 Å². The van der Waals surface area contributed by atoms with Gasteiger partial charge in [0.15, 0.2) is 5.82 Å². The van der Waals surface area contributed by atoms with Gasteiger partial charge in [-0.2, -0.15) is 0 Å². The van der Waals surface area contributed by atoms with E-state index in [9.17, 15) is 4.39 Å². The van der Waals surface area contributed by atoms with Gasteiger partial charge in [-0.15, -0.1) is 5.10 Å². The Kier molecular flexibility index (Phi) is 3.02. The fraction of sp³-hybridized carbons (Fsp3) is 0.333. The largest absolute Gasteiger partial charge is 0.381 e. The SMILES string of the molecule is CC(C)(C)c1c(N)nnn1-c1cc(Cl)ccc1F. The molecule has 0 radical (unpaired) electrons. The summed E-state index contributed by atoms with van der Waals surface area (Å²) in [6.45, 7) is 5.88. The van der Waals surface area contributed by atoms with Gasteiger partial charge in [-0.1, -0.05) is 37.6 Å². The summed E-state index contributed by atoms with van der Waals surface area (Å²) in [5.74, 6) is -0.128. The van der Waals surface area contributed by atoms with Crippen molar-refractivity contribution >= 4 is 17.4 Å². The lowest BCUT2D eigenvalue weighted by atomic mass is 9.91. The van der Waals surface area contributed by atoms with E-state index in [1.54, 1.807) is 0 Å². The highest BCUT2D eigenvalue weighted by atomic mass is 35.5. The zero-order valence-corrected chi connectivity index (χ0v) is 11.2. The summed E-state index contributed by atoms with van der Waals surface area (Å²) in [7, 11) is 0. The first kappa shape index (κ1) is 12.8. The smallest absolute Gasteiger partial charge is 0.170 e. The molecule has 96 valence electrons. The summed E-state index contributed by atoms with van der Waals surface area (Å²) < 4.78 is 15.2. The molecule has 0 amide bonds. The lowest BCUT2D eigenvalue weighted by Crippen LogP contribution is -2.19. The van der Waals surface area contributed by atoms with Crippen LogP contribution in [0.15, 0.2) is 18.2 Å². The Morgan fingerprint density at radius 3 is 2.61 bits per heavy atom. The van der Waals surface area contributed by atoms with Gasteiger partial charge in [0.2, 0.25) is 0 Å². The number of anilines is 1. The van der Waals surface area contributed by atoms with Gasteiger partial charge < -0.3 is 5.73 Å². The van der Waals surface area contributed by atoms with Crippen molar-refractivity contribution in [2.24, 2.45) is 0 Å². The first-order valence-electron chi connectivity index (χ1n) is 5.48. The number of nitrogens with two attached hydrogens (primary N) is 1. The van der Waals surface area contributed by atoms with E-state index in [4.69, 9.17) is 17.3 Å². The molecular formula is C12H14ClFN4. The standard InChI is InChI=1S/C12H14ClFN4/c1-12(2,3)10-11(15)16-17-18(10)9-6-7(13)4-5-8(9)14/h4-6H,15H2,1-3H3. The van der Waals surface area contributed by atoms with Crippen LogP contribution in [0.4, 0.5) is 10.2 Å². The summed E-state index contributed by atoms with van der Waals surface area (Å²) in [5.41, 5.74) is 6.40. The zero-order chi connectivity index (χ0) is 13.5. The van der Waals surface area contributed by atoms with Crippen LogP contribution in [0.25, 0.3) is 5.69 Å². The van der Waals surface area contributed by atoms with Crippen molar-refractivity contribution in [2.75, 3.05) is 5.73 Å². The summed E-state index contributed by atoms with van der Waals surface area (Å²) in [4.78, 5) is 0. The van der Waals surface area contributed by atoms with Crippen LogP contribution in [0.3, 0.4) is 0 Å². The average molecular weight is 269 g/mol. The van der Waals surface area contributed by atoms with Crippen LogP contribution < -0.4 is 5.73 Å². The van der Waals surface area contributed by atoms with Gasteiger partial charge in [0.1, 0.15) is 11.5 Å². The van der Waals surface area contributed by atoms with Gasteiger partial charge in [0.25, 0.3) is 0 Å². The Balaban J connectivity index is 2.69. The number of benzene rings is 1. The maximum atomic E-state index is 13.8. The second-order valence-corrected chi connectivity index (χ2v) is 5.52. The molecular weight excluding hydrogens is 255 g/mol. The van der Waals surface area contributed by atoms with Crippen LogP contribution in [0.1, 0.15) is 26.5 Å². The number of nitrogens with zero attached hydrogens (tertiary/aromatic N) is 3. The molecule has 1 aromatic carbocycles. The number of aromatic nitrogens is 3. The predicted octanol–water partition coefficient (Wildman–Crippen LogP) is 2.94. The maximum absolute atomic E-state index is 13.8. The molecule has 0 aliphatic rings. The number of halogens is 2. The van der Waals surface area contributed by atoms with Crippen molar-refractivity contribution in [3.8, 4) is 5.69 Å². The third-order valence-electron chi connectivity index (χ3n) is 2.54. The lowest BCUT2D eigenvalue weighted by molar-refractivity contribution is 0.532. The normalized spacial score (nSPS) is 11.8. The van der Waals surface area contributed by atoms with Gasteiger partial charge in [-0.25, -0.2) is 9.07 Å². The molecule has 2 rings (SSSR count). The molecule has 0 fully saturated rings. The summed E-state index contributed by atoms with van der Waals surface area (Å²) in [5, 5.41) is 8.14. The Labute approximate surface area is 110 Å². The molecule has 0 unspecified atom stereocenters. The van der Waals surface area contributed by atoms with Crippen LogP contribution in [-0.2, 0) is 5.41 Å². The molecule has 0 aliphatic carbocycles. The molecule has 0 saturated heterocycles. The number of nitrogen functional groups attached to an aromatic ring is 1. The van der Waals surface area contributed by atoms with E-state index in [2.05, 4.69) is 10.3 Å². The van der Waals surface area contributed by atoms with Crippen molar-refractivity contribution in [1.29, 1.82) is 0 Å². The van der Waals surface area contributed by atoms with E-state index in [1.165, 1.54) is 22.9 Å². The van der Waals surface area contributed by atoms with Crippen LogP contribution in [0.2, 0.25) is 5.02 Å². The van der Waals surface area contributed by atoms with E-state index in [1.807, 2.05) is 20.8 Å². The minimum Gasteiger partial charge on any atom is -0.381 e. The second-order valence-electron chi connectivity index (χ2n) is 5.08. The van der Waals surface area contributed by atoms with Gasteiger partial charge >= 0.3 is 0 Å².